The SMILES string of the molecule is COCCNCC(O)C1CCOC2(CCOC2)C1. The Morgan fingerprint density at radius 1 is 1.50 bits per heavy atom. The van der Waals surface area contributed by atoms with Gasteiger partial charge in [0.25, 0.3) is 0 Å². The Hall–Kier alpha value is -0.200. The smallest absolute Gasteiger partial charge is 0.0940 e. The van der Waals surface area contributed by atoms with Crippen LogP contribution in [0.1, 0.15) is 19.3 Å². The predicted molar refractivity (Wildman–Crippen MR) is 67.6 cm³/mol. The van der Waals surface area contributed by atoms with Gasteiger partial charge in [-0.1, -0.05) is 0 Å². The average molecular weight is 259 g/mol. The summed E-state index contributed by atoms with van der Waals surface area (Å²) in [5.41, 5.74) is -0.115. The molecule has 2 aliphatic heterocycles. The first-order valence-corrected chi connectivity index (χ1v) is 6.85. The van der Waals surface area contributed by atoms with Crippen LogP contribution in [0.4, 0.5) is 0 Å². The zero-order chi connectivity index (χ0) is 12.8. The third-order valence-electron chi connectivity index (χ3n) is 3.98. The number of ether oxygens (including phenoxy) is 3. The van der Waals surface area contributed by atoms with E-state index >= 15 is 0 Å². The molecule has 0 radical (unpaired) electrons. The highest BCUT2D eigenvalue weighted by Crippen LogP contribution is 2.36. The summed E-state index contributed by atoms with van der Waals surface area (Å²) >= 11 is 0. The number of hydrogen-bond acceptors (Lipinski definition) is 5. The van der Waals surface area contributed by atoms with Gasteiger partial charge in [0.15, 0.2) is 0 Å². The van der Waals surface area contributed by atoms with Crippen LogP contribution < -0.4 is 5.32 Å². The number of aliphatic hydroxyl groups is 1. The Kier molecular flexibility index (Phi) is 5.38. The van der Waals surface area contributed by atoms with E-state index < -0.39 is 0 Å². The minimum absolute atomic E-state index is 0.115. The van der Waals surface area contributed by atoms with Crippen molar-refractivity contribution >= 4 is 0 Å². The van der Waals surface area contributed by atoms with E-state index in [4.69, 9.17) is 14.2 Å². The van der Waals surface area contributed by atoms with Crippen molar-refractivity contribution in [1.82, 2.24) is 5.32 Å². The fourth-order valence-corrected chi connectivity index (χ4v) is 2.85. The second-order valence-corrected chi connectivity index (χ2v) is 5.35. The topological polar surface area (TPSA) is 60.0 Å². The first-order valence-electron chi connectivity index (χ1n) is 6.85. The van der Waals surface area contributed by atoms with Crippen LogP contribution in [0.25, 0.3) is 0 Å². The highest BCUT2D eigenvalue weighted by atomic mass is 16.6. The quantitative estimate of drug-likeness (QED) is 0.666. The zero-order valence-corrected chi connectivity index (χ0v) is 11.2. The van der Waals surface area contributed by atoms with E-state index in [1.807, 2.05) is 0 Å². The van der Waals surface area contributed by atoms with E-state index in [-0.39, 0.29) is 11.7 Å². The van der Waals surface area contributed by atoms with Crippen LogP contribution in [0.15, 0.2) is 0 Å². The molecule has 2 fully saturated rings. The van der Waals surface area contributed by atoms with E-state index in [2.05, 4.69) is 5.32 Å². The van der Waals surface area contributed by atoms with Gasteiger partial charge >= 0.3 is 0 Å². The summed E-state index contributed by atoms with van der Waals surface area (Å²) in [6.45, 7) is 4.31. The lowest BCUT2D eigenvalue weighted by molar-refractivity contribution is -0.116. The van der Waals surface area contributed by atoms with E-state index in [1.54, 1.807) is 7.11 Å². The second kappa shape index (κ2) is 6.82. The summed E-state index contributed by atoms with van der Waals surface area (Å²) in [6.07, 6.45) is 2.52. The van der Waals surface area contributed by atoms with Crippen molar-refractivity contribution in [2.45, 2.75) is 31.0 Å². The molecule has 0 aliphatic carbocycles. The average Bonchev–Trinajstić information content (AvgIpc) is 2.82. The number of rotatable bonds is 6. The molecule has 0 saturated carbocycles. The van der Waals surface area contributed by atoms with Crippen LogP contribution >= 0.6 is 0 Å². The molecule has 5 nitrogen and oxygen atoms in total. The summed E-state index contributed by atoms with van der Waals surface area (Å²) in [7, 11) is 1.68. The van der Waals surface area contributed by atoms with Gasteiger partial charge in [-0.05, 0) is 18.8 Å². The van der Waals surface area contributed by atoms with Crippen molar-refractivity contribution in [2.75, 3.05) is 46.6 Å². The van der Waals surface area contributed by atoms with Crippen molar-refractivity contribution in [3.63, 3.8) is 0 Å². The maximum absolute atomic E-state index is 10.2. The molecule has 2 N–H and O–H groups in total. The minimum Gasteiger partial charge on any atom is -0.392 e. The molecule has 106 valence electrons. The van der Waals surface area contributed by atoms with Crippen LogP contribution in [0, 0.1) is 5.92 Å². The zero-order valence-electron chi connectivity index (χ0n) is 11.2. The van der Waals surface area contributed by atoms with Crippen LogP contribution in [0.5, 0.6) is 0 Å². The molecular formula is C13H25NO4. The van der Waals surface area contributed by atoms with E-state index in [0.29, 0.717) is 25.7 Å². The molecular weight excluding hydrogens is 234 g/mol. The van der Waals surface area contributed by atoms with Crippen molar-refractivity contribution in [3.05, 3.63) is 0 Å². The third-order valence-corrected chi connectivity index (χ3v) is 3.98. The Bertz CT molecular complexity index is 243. The fraction of sp³-hybridized carbons (Fsp3) is 1.00. The van der Waals surface area contributed by atoms with Gasteiger partial charge in [0.2, 0.25) is 0 Å². The summed E-state index contributed by atoms with van der Waals surface area (Å²) in [4.78, 5) is 0. The molecule has 0 amide bonds. The van der Waals surface area contributed by atoms with Gasteiger partial charge in [0, 0.05) is 39.8 Å². The standard InChI is InChI=1S/C13H25NO4/c1-16-7-4-14-9-12(15)11-2-5-18-13(8-11)3-6-17-10-13/h11-12,14-15H,2-10H2,1H3. The minimum atomic E-state index is -0.303. The fourth-order valence-electron chi connectivity index (χ4n) is 2.85. The molecule has 3 unspecified atom stereocenters. The Labute approximate surface area is 109 Å². The summed E-state index contributed by atoms with van der Waals surface area (Å²) < 4.78 is 16.3. The molecule has 2 aliphatic rings. The number of aliphatic hydroxyl groups excluding tert-OH is 1. The highest BCUT2D eigenvalue weighted by Gasteiger charge is 2.42. The molecule has 18 heavy (non-hydrogen) atoms. The number of methoxy groups -OCH3 is 1. The van der Waals surface area contributed by atoms with E-state index in [1.165, 1.54) is 0 Å². The lowest BCUT2D eigenvalue weighted by atomic mass is 9.82. The van der Waals surface area contributed by atoms with Gasteiger partial charge < -0.3 is 24.6 Å². The summed E-state index contributed by atoms with van der Waals surface area (Å²) in [5, 5.41) is 13.4. The van der Waals surface area contributed by atoms with Gasteiger partial charge in [0.1, 0.15) is 0 Å². The molecule has 0 bridgehead atoms. The van der Waals surface area contributed by atoms with E-state index in [0.717, 1.165) is 39.0 Å². The molecule has 2 rings (SSSR count). The monoisotopic (exact) mass is 259 g/mol. The molecule has 2 saturated heterocycles. The van der Waals surface area contributed by atoms with Crippen LogP contribution in [0.3, 0.4) is 0 Å². The van der Waals surface area contributed by atoms with Crippen LogP contribution in [0.2, 0.25) is 0 Å². The second-order valence-electron chi connectivity index (χ2n) is 5.35. The molecule has 3 atom stereocenters. The van der Waals surface area contributed by atoms with Gasteiger partial charge in [-0.3, -0.25) is 0 Å². The maximum atomic E-state index is 10.2. The molecule has 0 aromatic rings. The van der Waals surface area contributed by atoms with E-state index in [9.17, 15) is 5.11 Å². The van der Waals surface area contributed by atoms with Gasteiger partial charge in [-0.25, -0.2) is 0 Å². The molecule has 0 aromatic carbocycles. The highest BCUT2D eigenvalue weighted by molar-refractivity contribution is 4.92. The molecule has 2 heterocycles. The largest absolute Gasteiger partial charge is 0.392 e. The molecule has 0 aromatic heterocycles. The maximum Gasteiger partial charge on any atom is 0.0940 e. The van der Waals surface area contributed by atoms with Crippen molar-refractivity contribution < 1.29 is 19.3 Å². The normalized spacial score (nSPS) is 34.0. The Morgan fingerprint density at radius 3 is 3.11 bits per heavy atom. The van der Waals surface area contributed by atoms with Crippen molar-refractivity contribution in [2.24, 2.45) is 5.92 Å². The lowest BCUT2D eigenvalue weighted by Gasteiger charge is -2.39. The van der Waals surface area contributed by atoms with Gasteiger partial charge in [0.05, 0.1) is 24.9 Å². The predicted octanol–water partition coefficient (Wildman–Crippen LogP) is 0.169. The van der Waals surface area contributed by atoms with Crippen LogP contribution in [-0.4, -0.2) is 63.4 Å². The number of hydrogen-bond donors (Lipinski definition) is 2. The summed E-state index contributed by atoms with van der Waals surface area (Å²) in [5.74, 6) is 0.315. The Morgan fingerprint density at radius 2 is 2.39 bits per heavy atom. The van der Waals surface area contributed by atoms with Crippen molar-refractivity contribution in [1.29, 1.82) is 0 Å². The first-order chi connectivity index (χ1) is 8.76. The molecule has 5 heteroatoms. The number of nitrogens with one attached hydrogen (secondary N) is 1. The first kappa shape index (κ1) is 14.2. The molecule has 1 spiro atoms. The van der Waals surface area contributed by atoms with Crippen LogP contribution in [-0.2, 0) is 14.2 Å². The van der Waals surface area contributed by atoms with Crippen molar-refractivity contribution in [3.8, 4) is 0 Å². The lowest BCUT2D eigenvalue weighted by Crippen LogP contribution is -2.45. The third kappa shape index (κ3) is 3.65. The summed E-state index contributed by atoms with van der Waals surface area (Å²) in [6, 6.07) is 0. The van der Waals surface area contributed by atoms with Gasteiger partial charge in [-0.2, -0.15) is 0 Å². The van der Waals surface area contributed by atoms with Gasteiger partial charge in [-0.15, -0.1) is 0 Å². The Balaban J connectivity index is 1.74.